The number of imidazole rings is 1. The first-order valence-electron chi connectivity index (χ1n) is 5.74. The van der Waals surface area contributed by atoms with Crippen LogP contribution >= 0.6 is 22.6 Å². The highest BCUT2D eigenvalue weighted by Crippen LogP contribution is 2.16. The van der Waals surface area contributed by atoms with Gasteiger partial charge in [-0.05, 0) is 34.7 Å². The minimum Gasteiger partial charge on any atom is -0.489 e. The first-order chi connectivity index (χ1) is 8.65. The third-order valence-corrected chi connectivity index (χ3v) is 3.27. The Kier molecular flexibility index (Phi) is 4.41. The largest absolute Gasteiger partial charge is 0.489 e. The van der Waals surface area contributed by atoms with Gasteiger partial charge in [0.15, 0.2) is 0 Å². The molecule has 0 unspecified atom stereocenters. The molecule has 0 bridgehead atoms. The zero-order chi connectivity index (χ0) is 13.0. The Bertz CT molecular complexity index is 548. The normalized spacial score (nSPS) is 10.3. The number of nitrogens with zero attached hydrogens (tertiary/aromatic N) is 2. The zero-order valence-corrected chi connectivity index (χ0v) is 12.5. The van der Waals surface area contributed by atoms with E-state index in [0.29, 0.717) is 6.61 Å². The van der Waals surface area contributed by atoms with E-state index in [2.05, 4.69) is 45.9 Å². The summed E-state index contributed by atoms with van der Waals surface area (Å²) in [5, 5.41) is 0. The molecule has 0 radical (unpaired) electrons. The van der Waals surface area contributed by atoms with E-state index in [-0.39, 0.29) is 0 Å². The van der Waals surface area contributed by atoms with Crippen LogP contribution in [0.2, 0.25) is 0 Å². The van der Waals surface area contributed by atoms with Crippen LogP contribution in [0.25, 0.3) is 5.76 Å². The number of halogens is 1. The second-order valence-electron chi connectivity index (χ2n) is 4.10. The number of rotatable bonds is 5. The molecule has 1 aromatic heterocycles. The first kappa shape index (κ1) is 13.1. The average Bonchev–Trinajstić information content (AvgIpc) is 2.75. The molecule has 0 aliphatic heterocycles. The van der Waals surface area contributed by atoms with Crippen LogP contribution in [0.5, 0.6) is 0 Å². The van der Waals surface area contributed by atoms with Gasteiger partial charge in [-0.25, -0.2) is 9.13 Å². The van der Waals surface area contributed by atoms with E-state index in [1.807, 2.05) is 42.5 Å². The van der Waals surface area contributed by atoms with Crippen molar-refractivity contribution < 1.29 is 9.30 Å². The van der Waals surface area contributed by atoms with E-state index in [4.69, 9.17) is 4.74 Å². The summed E-state index contributed by atoms with van der Waals surface area (Å²) < 4.78 is 10.9. The SMILES string of the molecule is C=C(OCCn1cc[n+](C)c1)c1cccc(I)c1. The second kappa shape index (κ2) is 6.04. The summed E-state index contributed by atoms with van der Waals surface area (Å²) in [4.78, 5) is 0. The van der Waals surface area contributed by atoms with Crippen LogP contribution in [-0.2, 0) is 18.3 Å². The van der Waals surface area contributed by atoms with Crippen LogP contribution in [0, 0.1) is 3.57 Å². The van der Waals surface area contributed by atoms with Gasteiger partial charge in [-0.1, -0.05) is 18.7 Å². The smallest absolute Gasteiger partial charge is 0.243 e. The van der Waals surface area contributed by atoms with Crippen molar-refractivity contribution in [3.63, 3.8) is 0 Å². The molecule has 94 valence electrons. The summed E-state index contributed by atoms with van der Waals surface area (Å²) in [6, 6.07) is 8.15. The minimum atomic E-state index is 0.624. The highest BCUT2D eigenvalue weighted by molar-refractivity contribution is 14.1. The van der Waals surface area contributed by atoms with Gasteiger partial charge < -0.3 is 4.74 Å². The van der Waals surface area contributed by atoms with Crippen LogP contribution in [0.15, 0.2) is 49.6 Å². The summed E-state index contributed by atoms with van der Waals surface area (Å²) in [5.41, 5.74) is 1.04. The first-order valence-corrected chi connectivity index (χ1v) is 6.82. The number of ether oxygens (including phenoxy) is 1. The molecule has 0 N–H and O–H groups in total. The predicted octanol–water partition coefficient (Wildman–Crippen LogP) is 2.60. The summed E-state index contributed by atoms with van der Waals surface area (Å²) in [7, 11) is 2.00. The van der Waals surface area contributed by atoms with E-state index < -0.39 is 0 Å². The van der Waals surface area contributed by atoms with Gasteiger partial charge in [0.1, 0.15) is 31.3 Å². The molecule has 3 nitrogen and oxygen atoms in total. The Morgan fingerprint density at radius 3 is 3.00 bits per heavy atom. The number of aryl methyl sites for hydroxylation is 1. The highest BCUT2D eigenvalue weighted by atomic mass is 127. The Morgan fingerprint density at radius 1 is 1.50 bits per heavy atom. The van der Waals surface area contributed by atoms with Crippen LogP contribution in [0.4, 0.5) is 0 Å². The molecule has 1 heterocycles. The van der Waals surface area contributed by atoms with Gasteiger partial charge in [0.25, 0.3) is 0 Å². The molecular formula is C14H16IN2O+. The molecule has 0 saturated carbocycles. The van der Waals surface area contributed by atoms with E-state index in [1.54, 1.807) is 0 Å². The number of hydrogen-bond acceptors (Lipinski definition) is 1. The molecule has 0 saturated heterocycles. The molecule has 0 spiro atoms. The fourth-order valence-electron chi connectivity index (χ4n) is 1.65. The lowest BCUT2D eigenvalue weighted by Gasteiger charge is -2.08. The van der Waals surface area contributed by atoms with E-state index in [9.17, 15) is 0 Å². The molecule has 0 fully saturated rings. The molecule has 0 amide bonds. The van der Waals surface area contributed by atoms with Crippen molar-refractivity contribution in [2.24, 2.45) is 7.05 Å². The monoisotopic (exact) mass is 355 g/mol. The van der Waals surface area contributed by atoms with Crippen molar-refractivity contribution in [2.75, 3.05) is 6.61 Å². The molecule has 0 atom stereocenters. The lowest BCUT2D eigenvalue weighted by molar-refractivity contribution is -0.671. The summed E-state index contributed by atoms with van der Waals surface area (Å²) in [6.07, 6.45) is 6.06. The van der Waals surface area contributed by atoms with Crippen molar-refractivity contribution in [2.45, 2.75) is 6.54 Å². The van der Waals surface area contributed by atoms with E-state index in [1.165, 1.54) is 3.57 Å². The van der Waals surface area contributed by atoms with Crippen molar-refractivity contribution in [3.8, 4) is 0 Å². The van der Waals surface area contributed by atoms with Crippen LogP contribution in [-0.4, -0.2) is 11.2 Å². The van der Waals surface area contributed by atoms with Crippen molar-refractivity contribution in [1.82, 2.24) is 4.57 Å². The van der Waals surface area contributed by atoms with Crippen molar-refractivity contribution in [1.29, 1.82) is 0 Å². The number of benzene rings is 1. The molecule has 18 heavy (non-hydrogen) atoms. The fourth-order valence-corrected chi connectivity index (χ4v) is 2.20. The molecule has 0 aliphatic carbocycles. The maximum atomic E-state index is 5.67. The molecule has 0 aliphatic rings. The van der Waals surface area contributed by atoms with Gasteiger partial charge in [-0.3, -0.25) is 0 Å². The van der Waals surface area contributed by atoms with Crippen LogP contribution < -0.4 is 4.57 Å². The van der Waals surface area contributed by atoms with Gasteiger partial charge in [-0.15, -0.1) is 0 Å². The van der Waals surface area contributed by atoms with E-state index >= 15 is 0 Å². The molecule has 2 aromatic rings. The molecular weight excluding hydrogens is 339 g/mol. The number of aromatic nitrogens is 2. The Balaban J connectivity index is 1.85. The van der Waals surface area contributed by atoms with Crippen LogP contribution in [0.1, 0.15) is 5.56 Å². The summed E-state index contributed by atoms with van der Waals surface area (Å²) >= 11 is 2.29. The lowest BCUT2D eigenvalue weighted by Crippen LogP contribution is -2.24. The maximum absolute atomic E-state index is 5.67. The quantitative estimate of drug-likeness (QED) is 0.458. The molecule has 4 heteroatoms. The number of hydrogen-bond donors (Lipinski definition) is 0. The van der Waals surface area contributed by atoms with Gasteiger partial charge >= 0.3 is 0 Å². The van der Waals surface area contributed by atoms with Crippen LogP contribution in [0.3, 0.4) is 0 Å². The second-order valence-corrected chi connectivity index (χ2v) is 5.34. The highest BCUT2D eigenvalue weighted by Gasteiger charge is 2.03. The summed E-state index contributed by atoms with van der Waals surface area (Å²) in [6.45, 7) is 5.41. The topological polar surface area (TPSA) is 18.0 Å². The maximum Gasteiger partial charge on any atom is 0.243 e. The molecule has 1 aromatic carbocycles. The van der Waals surface area contributed by atoms with Crippen molar-refractivity contribution >= 4 is 28.4 Å². The predicted molar refractivity (Wildman–Crippen MR) is 79.8 cm³/mol. The minimum absolute atomic E-state index is 0.624. The van der Waals surface area contributed by atoms with Gasteiger partial charge in [0.2, 0.25) is 6.33 Å². The summed E-state index contributed by atoms with van der Waals surface area (Å²) in [5.74, 6) is 0.727. The average molecular weight is 355 g/mol. The van der Waals surface area contributed by atoms with Gasteiger partial charge in [0.05, 0.1) is 7.05 Å². The van der Waals surface area contributed by atoms with Gasteiger partial charge in [0, 0.05) is 9.13 Å². The lowest BCUT2D eigenvalue weighted by atomic mass is 10.2. The third-order valence-electron chi connectivity index (χ3n) is 2.60. The van der Waals surface area contributed by atoms with E-state index in [0.717, 1.165) is 17.9 Å². The zero-order valence-electron chi connectivity index (χ0n) is 10.3. The molecule has 2 rings (SSSR count). The third kappa shape index (κ3) is 3.60. The Labute approximate surface area is 121 Å². The van der Waals surface area contributed by atoms with Crippen molar-refractivity contribution in [3.05, 3.63) is 58.7 Å². The fraction of sp³-hybridized carbons (Fsp3) is 0.214. The Morgan fingerprint density at radius 2 is 2.33 bits per heavy atom. The Hall–Kier alpha value is -1.30. The van der Waals surface area contributed by atoms with Gasteiger partial charge in [-0.2, -0.15) is 0 Å². The standard InChI is InChI=1S/C14H16IN2O/c1-12(13-4-3-5-14(15)10-13)18-9-8-17-7-6-16(2)11-17/h3-7,10-11H,1,8-9H2,2H3/q+1.